The SMILES string of the molecule is CCCC(N)C(=O)NCCc1csc2ccccc12. The van der Waals surface area contributed by atoms with Crippen LogP contribution < -0.4 is 11.1 Å². The van der Waals surface area contributed by atoms with Gasteiger partial charge in [0.15, 0.2) is 0 Å². The van der Waals surface area contributed by atoms with Crippen molar-refractivity contribution in [2.75, 3.05) is 6.54 Å². The summed E-state index contributed by atoms with van der Waals surface area (Å²) in [5, 5.41) is 6.37. The van der Waals surface area contributed by atoms with Gasteiger partial charge < -0.3 is 11.1 Å². The second-order valence-corrected chi connectivity index (χ2v) is 5.60. The molecule has 2 rings (SSSR count). The van der Waals surface area contributed by atoms with E-state index in [1.165, 1.54) is 15.6 Å². The lowest BCUT2D eigenvalue weighted by Gasteiger charge is -2.10. The summed E-state index contributed by atoms with van der Waals surface area (Å²) in [6.45, 7) is 2.68. The van der Waals surface area contributed by atoms with Crippen LogP contribution in [-0.4, -0.2) is 18.5 Å². The fourth-order valence-corrected chi connectivity index (χ4v) is 3.12. The predicted molar refractivity (Wildman–Crippen MR) is 81.4 cm³/mol. The van der Waals surface area contributed by atoms with Crippen LogP contribution in [0.15, 0.2) is 29.6 Å². The van der Waals surface area contributed by atoms with Crippen molar-refractivity contribution in [2.24, 2.45) is 5.73 Å². The van der Waals surface area contributed by atoms with Gasteiger partial charge in [-0.15, -0.1) is 11.3 Å². The first-order valence-corrected chi connectivity index (χ1v) is 7.58. The Bertz CT molecular complexity index is 550. The van der Waals surface area contributed by atoms with Crippen molar-refractivity contribution < 1.29 is 4.79 Å². The fraction of sp³-hybridized carbons (Fsp3) is 0.400. The molecule has 0 saturated heterocycles. The lowest BCUT2D eigenvalue weighted by molar-refractivity contribution is -0.122. The van der Waals surface area contributed by atoms with Crippen LogP contribution in [0.2, 0.25) is 0 Å². The fourth-order valence-electron chi connectivity index (χ4n) is 2.12. The summed E-state index contributed by atoms with van der Waals surface area (Å²) >= 11 is 1.75. The number of nitrogens with two attached hydrogens (primary N) is 1. The smallest absolute Gasteiger partial charge is 0.236 e. The second kappa shape index (κ2) is 6.68. The molecule has 0 saturated carbocycles. The number of thiophene rings is 1. The van der Waals surface area contributed by atoms with Crippen LogP contribution in [0.25, 0.3) is 10.1 Å². The number of benzene rings is 1. The molecule has 0 aliphatic carbocycles. The van der Waals surface area contributed by atoms with Crippen LogP contribution in [-0.2, 0) is 11.2 Å². The van der Waals surface area contributed by atoms with Crippen molar-refractivity contribution in [1.29, 1.82) is 0 Å². The number of carbonyl (C=O) groups is 1. The molecule has 0 spiro atoms. The highest BCUT2D eigenvalue weighted by molar-refractivity contribution is 7.17. The van der Waals surface area contributed by atoms with Gasteiger partial charge in [-0.3, -0.25) is 4.79 Å². The first-order chi connectivity index (χ1) is 9.22. The topological polar surface area (TPSA) is 55.1 Å². The van der Waals surface area contributed by atoms with Crippen molar-refractivity contribution >= 4 is 27.3 Å². The Labute approximate surface area is 117 Å². The maximum absolute atomic E-state index is 11.7. The zero-order valence-corrected chi connectivity index (χ0v) is 12.0. The van der Waals surface area contributed by atoms with Gasteiger partial charge in [-0.1, -0.05) is 31.5 Å². The number of nitrogens with one attached hydrogen (secondary N) is 1. The van der Waals surface area contributed by atoms with E-state index < -0.39 is 0 Å². The molecule has 0 aliphatic heterocycles. The van der Waals surface area contributed by atoms with Crippen LogP contribution in [0.1, 0.15) is 25.3 Å². The van der Waals surface area contributed by atoms with Crippen molar-refractivity contribution in [1.82, 2.24) is 5.32 Å². The van der Waals surface area contributed by atoms with Crippen molar-refractivity contribution in [3.05, 3.63) is 35.2 Å². The Morgan fingerprint density at radius 1 is 1.42 bits per heavy atom. The van der Waals surface area contributed by atoms with Gasteiger partial charge in [0.05, 0.1) is 6.04 Å². The van der Waals surface area contributed by atoms with Crippen molar-refractivity contribution in [3.63, 3.8) is 0 Å². The number of fused-ring (bicyclic) bond motifs is 1. The minimum atomic E-state index is -0.371. The molecule has 0 bridgehead atoms. The summed E-state index contributed by atoms with van der Waals surface area (Å²) in [7, 11) is 0. The van der Waals surface area contributed by atoms with E-state index in [1.54, 1.807) is 11.3 Å². The van der Waals surface area contributed by atoms with Crippen LogP contribution in [0.5, 0.6) is 0 Å². The van der Waals surface area contributed by atoms with E-state index in [0.29, 0.717) is 6.54 Å². The average molecular weight is 276 g/mol. The third-order valence-electron chi connectivity index (χ3n) is 3.19. The van der Waals surface area contributed by atoms with E-state index >= 15 is 0 Å². The van der Waals surface area contributed by atoms with Crippen molar-refractivity contribution in [2.45, 2.75) is 32.2 Å². The minimum Gasteiger partial charge on any atom is -0.354 e. The lowest BCUT2D eigenvalue weighted by atomic mass is 10.1. The number of hydrogen-bond acceptors (Lipinski definition) is 3. The molecule has 19 heavy (non-hydrogen) atoms. The molecule has 0 aliphatic rings. The molecule has 1 unspecified atom stereocenters. The Hall–Kier alpha value is -1.39. The van der Waals surface area contributed by atoms with Gasteiger partial charge in [0.25, 0.3) is 0 Å². The average Bonchev–Trinajstić information content (AvgIpc) is 2.82. The molecule has 0 radical (unpaired) electrons. The standard InChI is InChI=1S/C15H20N2OS/c1-2-5-13(16)15(18)17-9-8-11-10-19-14-7-4-3-6-12(11)14/h3-4,6-7,10,13H,2,5,8-9,16H2,1H3,(H,17,18). The van der Waals surface area contributed by atoms with Crippen LogP contribution >= 0.6 is 11.3 Å². The third kappa shape index (κ3) is 3.55. The summed E-state index contributed by atoms with van der Waals surface area (Å²) in [6, 6.07) is 7.98. The highest BCUT2D eigenvalue weighted by atomic mass is 32.1. The molecule has 1 atom stereocenters. The molecule has 1 amide bonds. The monoisotopic (exact) mass is 276 g/mol. The predicted octanol–water partition coefficient (Wildman–Crippen LogP) is 2.69. The zero-order valence-electron chi connectivity index (χ0n) is 11.2. The van der Waals surface area contributed by atoms with E-state index in [9.17, 15) is 4.79 Å². The van der Waals surface area contributed by atoms with Gasteiger partial charge in [0, 0.05) is 11.2 Å². The number of amides is 1. The summed E-state index contributed by atoms with van der Waals surface area (Å²) in [5.74, 6) is -0.0404. The van der Waals surface area contributed by atoms with Gasteiger partial charge >= 0.3 is 0 Å². The highest BCUT2D eigenvalue weighted by Gasteiger charge is 2.11. The lowest BCUT2D eigenvalue weighted by Crippen LogP contribution is -2.41. The quantitative estimate of drug-likeness (QED) is 0.852. The molecule has 2 aromatic rings. The van der Waals surface area contributed by atoms with E-state index in [2.05, 4.69) is 22.8 Å². The molecule has 0 fully saturated rings. The summed E-state index contributed by atoms with van der Waals surface area (Å²) < 4.78 is 1.30. The Kier molecular flexibility index (Phi) is 4.93. The molecule has 4 heteroatoms. The summed E-state index contributed by atoms with van der Waals surface area (Å²) in [6.07, 6.45) is 2.53. The highest BCUT2D eigenvalue weighted by Crippen LogP contribution is 2.25. The molecule has 1 aromatic heterocycles. The van der Waals surface area contributed by atoms with Gasteiger partial charge in [0.2, 0.25) is 5.91 Å². The van der Waals surface area contributed by atoms with Crippen LogP contribution in [0, 0.1) is 0 Å². The van der Waals surface area contributed by atoms with Crippen LogP contribution in [0.4, 0.5) is 0 Å². The number of rotatable bonds is 6. The van der Waals surface area contributed by atoms with E-state index in [0.717, 1.165) is 19.3 Å². The molecular formula is C15H20N2OS. The summed E-state index contributed by atoms with van der Waals surface area (Å²) in [4.78, 5) is 11.7. The van der Waals surface area contributed by atoms with Gasteiger partial charge in [-0.2, -0.15) is 0 Å². The minimum absolute atomic E-state index is 0.0404. The Morgan fingerprint density at radius 3 is 3.00 bits per heavy atom. The van der Waals surface area contributed by atoms with Crippen LogP contribution in [0.3, 0.4) is 0 Å². The first kappa shape index (κ1) is 14.0. The third-order valence-corrected chi connectivity index (χ3v) is 4.20. The Balaban J connectivity index is 1.87. The normalized spacial score (nSPS) is 12.5. The Morgan fingerprint density at radius 2 is 2.21 bits per heavy atom. The molecule has 1 aromatic carbocycles. The maximum atomic E-state index is 11.7. The van der Waals surface area contributed by atoms with Gasteiger partial charge in [-0.25, -0.2) is 0 Å². The van der Waals surface area contributed by atoms with Crippen molar-refractivity contribution in [3.8, 4) is 0 Å². The first-order valence-electron chi connectivity index (χ1n) is 6.70. The molecule has 102 valence electrons. The van der Waals surface area contributed by atoms with Gasteiger partial charge in [-0.05, 0) is 35.2 Å². The summed E-state index contributed by atoms with van der Waals surface area (Å²) in [5.41, 5.74) is 7.06. The molecule has 3 nitrogen and oxygen atoms in total. The number of hydrogen-bond donors (Lipinski definition) is 2. The van der Waals surface area contributed by atoms with E-state index in [1.807, 2.05) is 19.1 Å². The second-order valence-electron chi connectivity index (χ2n) is 4.69. The van der Waals surface area contributed by atoms with E-state index in [4.69, 9.17) is 5.73 Å². The van der Waals surface area contributed by atoms with Gasteiger partial charge in [0.1, 0.15) is 0 Å². The molecular weight excluding hydrogens is 256 g/mol. The molecule has 1 heterocycles. The zero-order chi connectivity index (χ0) is 13.7. The van der Waals surface area contributed by atoms with E-state index in [-0.39, 0.29) is 11.9 Å². The maximum Gasteiger partial charge on any atom is 0.236 e. The molecule has 3 N–H and O–H groups in total. The largest absolute Gasteiger partial charge is 0.354 e. The number of carbonyl (C=O) groups excluding carboxylic acids is 1.